The number of thiazole rings is 1. The summed E-state index contributed by atoms with van der Waals surface area (Å²) in [7, 11) is 0. The van der Waals surface area contributed by atoms with Gasteiger partial charge >= 0.3 is 0 Å². The van der Waals surface area contributed by atoms with Gasteiger partial charge in [-0.3, -0.25) is 9.59 Å². The molecule has 0 aliphatic rings. The Morgan fingerprint density at radius 2 is 1.93 bits per heavy atom. The summed E-state index contributed by atoms with van der Waals surface area (Å²) >= 11 is 3.01. The predicted molar refractivity (Wildman–Crippen MR) is 116 cm³/mol. The van der Waals surface area contributed by atoms with Crippen molar-refractivity contribution >= 4 is 39.6 Å². The average Bonchev–Trinajstić information content (AvgIpc) is 3.34. The number of nitrogens with one attached hydrogen (secondary N) is 2. The molecule has 2 N–H and O–H groups in total. The Kier molecular flexibility index (Phi) is 6.95. The van der Waals surface area contributed by atoms with Crippen molar-refractivity contribution in [1.82, 2.24) is 10.3 Å². The summed E-state index contributed by atoms with van der Waals surface area (Å²) in [5.74, 6) is -0.246. The standard InChI is InChI=1S/C21H23N3O2S2/c1-3-7-17(15-8-5-4-6-9-15)20(26)24-21-23-18(13-27-21)19-11-10-16(28-19)12-22-14(2)25/h4-6,8-11,13,17H,3,7,12H2,1-2H3,(H,22,25)(H,23,24,26). The minimum atomic E-state index is -0.176. The van der Waals surface area contributed by atoms with E-state index in [4.69, 9.17) is 0 Å². The van der Waals surface area contributed by atoms with Crippen LogP contribution >= 0.6 is 22.7 Å². The number of thiophene rings is 1. The third-order valence-electron chi connectivity index (χ3n) is 4.26. The molecule has 2 amide bonds. The Bertz CT molecular complexity index is 934. The molecule has 0 aliphatic carbocycles. The van der Waals surface area contributed by atoms with Crippen molar-refractivity contribution in [1.29, 1.82) is 0 Å². The van der Waals surface area contributed by atoms with Gasteiger partial charge in [0.15, 0.2) is 5.13 Å². The van der Waals surface area contributed by atoms with Gasteiger partial charge in [0.2, 0.25) is 11.8 Å². The first-order chi connectivity index (χ1) is 13.6. The number of carbonyl (C=O) groups excluding carboxylic acids is 2. The van der Waals surface area contributed by atoms with Crippen LogP contribution in [-0.2, 0) is 16.1 Å². The van der Waals surface area contributed by atoms with Crippen LogP contribution in [0.4, 0.5) is 5.13 Å². The first-order valence-electron chi connectivity index (χ1n) is 9.21. The molecular formula is C21H23N3O2S2. The highest BCUT2D eigenvalue weighted by atomic mass is 32.1. The molecule has 1 unspecified atom stereocenters. The van der Waals surface area contributed by atoms with Crippen LogP contribution in [-0.4, -0.2) is 16.8 Å². The van der Waals surface area contributed by atoms with Gasteiger partial charge in [-0.05, 0) is 24.1 Å². The summed E-state index contributed by atoms with van der Waals surface area (Å²) in [6.07, 6.45) is 1.73. The number of hydrogen-bond donors (Lipinski definition) is 2. The van der Waals surface area contributed by atoms with Crippen molar-refractivity contribution in [3.8, 4) is 10.6 Å². The largest absolute Gasteiger partial charge is 0.351 e. The SMILES string of the molecule is CCCC(C(=O)Nc1nc(-c2ccc(CNC(C)=O)s2)cs1)c1ccccc1. The Balaban J connectivity index is 1.68. The quantitative estimate of drug-likeness (QED) is 0.544. The summed E-state index contributed by atoms with van der Waals surface area (Å²) in [6.45, 7) is 4.11. The zero-order valence-electron chi connectivity index (χ0n) is 15.9. The third kappa shape index (κ3) is 5.27. The normalized spacial score (nSPS) is 11.8. The fourth-order valence-electron chi connectivity index (χ4n) is 2.88. The van der Waals surface area contributed by atoms with Crippen LogP contribution in [0.1, 0.15) is 43.0 Å². The van der Waals surface area contributed by atoms with Crippen LogP contribution in [0, 0.1) is 0 Å². The number of carbonyl (C=O) groups is 2. The lowest BCUT2D eigenvalue weighted by atomic mass is 9.94. The van der Waals surface area contributed by atoms with E-state index in [1.807, 2.05) is 47.8 Å². The minimum Gasteiger partial charge on any atom is -0.351 e. The second kappa shape index (κ2) is 9.61. The lowest BCUT2D eigenvalue weighted by molar-refractivity contribution is -0.119. The number of hydrogen-bond acceptors (Lipinski definition) is 5. The zero-order chi connectivity index (χ0) is 19.9. The molecule has 3 rings (SSSR count). The second-order valence-electron chi connectivity index (χ2n) is 6.45. The first kappa shape index (κ1) is 20.2. The molecule has 7 heteroatoms. The fraction of sp³-hybridized carbons (Fsp3) is 0.286. The zero-order valence-corrected chi connectivity index (χ0v) is 17.5. The van der Waals surface area contributed by atoms with Gasteiger partial charge in [-0.1, -0.05) is 43.7 Å². The van der Waals surface area contributed by atoms with Crippen molar-refractivity contribution in [2.45, 2.75) is 39.2 Å². The molecule has 0 radical (unpaired) electrons. The van der Waals surface area contributed by atoms with E-state index < -0.39 is 0 Å². The summed E-state index contributed by atoms with van der Waals surface area (Å²) in [5.41, 5.74) is 1.87. The Morgan fingerprint density at radius 3 is 2.64 bits per heavy atom. The van der Waals surface area contributed by atoms with Gasteiger partial charge in [0, 0.05) is 17.2 Å². The van der Waals surface area contributed by atoms with Crippen LogP contribution in [0.2, 0.25) is 0 Å². The first-order valence-corrected chi connectivity index (χ1v) is 10.9. The van der Waals surface area contributed by atoms with Gasteiger partial charge in [0.25, 0.3) is 0 Å². The van der Waals surface area contributed by atoms with Crippen molar-refractivity contribution in [2.75, 3.05) is 5.32 Å². The predicted octanol–water partition coefficient (Wildman–Crippen LogP) is 5.03. The molecule has 3 aromatic rings. The van der Waals surface area contributed by atoms with E-state index in [-0.39, 0.29) is 17.7 Å². The van der Waals surface area contributed by atoms with Crippen LogP contribution in [0.25, 0.3) is 10.6 Å². The lowest BCUT2D eigenvalue weighted by Crippen LogP contribution is -2.21. The molecule has 0 spiro atoms. The summed E-state index contributed by atoms with van der Waals surface area (Å²) in [6, 6.07) is 13.8. The molecular weight excluding hydrogens is 390 g/mol. The van der Waals surface area contributed by atoms with Gasteiger partial charge in [-0.2, -0.15) is 0 Å². The third-order valence-corrected chi connectivity index (χ3v) is 6.12. The fourth-order valence-corrected chi connectivity index (χ4v) is 4.58. The topological polar surface area (TPSA) is 71.1 Å². The minimum absolute atomic E-state index is 0.0218. The van der Waals surface area contributed by atoms with E-state index in [1.54, 1.807) is 11.3 Å². The maximum Gasteiger partial charge on any atom is 0.233 e. The molecule has 0 saturated carbocycles. The van der Waals surface area contributed by atoms with Crippen molar-refractivity contribution in [3.63, 3.8) is 0 Å². The number of rotatable bonds is 8. The number of aromatic nitrogens is 1. The molecule has 0 saturated heterocycles. The van der Waals surface area contributed by atoms with E-state index in [2.05, 4.69) is 22.5 Å². The Hall–Kier alpha value is -2.51. The Morgan fingerprint density at radius 1 is 1.14 bits per heavy atom. The second-order valence-corrected chi connectivity index (χ2v) is 8.48. The van der Waals surface area contributed by atoms with Crippen LogP contribution in [0.3, 0.4) is 0 Å². The highest BCUT2D eigenvalue weighted by Crippen LogP contribution is 2.31. The van der Waals surface area contributed by atoms with Crippen LogP contribution in [0.5, 0.6) is 0 Å². The van der Waals surface area contributed by atoms with E-state index in [1.165, 1.54) is 18.3 Å². The van der Waals surface area contributed by atoms with E-state index in [0.29, 0.717) is 11.7 Å². The highest BCUT2D eigenvalue weighted by Gasteiger charge is 2.21. The molecule has 1 atom stereocenters. The van der Waals surface area contributed by atoms with Crippen molar-refractivity contribution in [2.24, 2.45) is 0 Å². The summed E-state index contributed by atoms with van der Waals surface area (Å²) in [5, 5.41) is 8.32. The molecule has 2 heterocycles. The molecule has 0 fully saturated rings. The Labute approximate surface area is 172 Å². The molecule has 0 bridgehead atoms. The van der Waals surface area contributed by atoms with Crippen LogP contribution in [0.15, 0.2) is 47.8 Å². The lowest BCUT2D eigenvalue weighted by Gasteiger charge is -2.15. The van der Waals surface area contributed by atoms with Gasteiger partial charge < -0.3 is 10.6 Å². The van der Waals surface area contributed by atoms with E-state index in [0.717, 1.165) is 33.9 Å². The van der Waals surface area contributed by atoms with Crippen molar-refractivity contribution in [3.05, 3.63) is 58.3 Å². The maximum absolute atomic E-state index is 12.8. The summed E-state index contributed by atoms with van der Waals surface area (Å²) < 4.78 is 0. The maximum atomic E-state index is 12.8. The average molecular weight is 414 g/mol. The number of amides is 2. The number of anilines is 1. The number of nitrogens with zero attached hydrogens (tertiary/aromatic N) is 1. The molecule has 146 valence electrons. The van der Waals surface area contributed by atoms with Gasteiger partial charge in [0.05, 0.1) is 23.0 Å². The molecule has 28 heavy (non-hydrogen) atoms. The summed E-state index contributed by atoms with van der Waals surface area (Å²) in [4.78, 5) is 30.5. The van der Waals surface area contributed by atoms with E-state index in [9.17, 15) is 9.59 Å². The molecule has 0 aliphatic heterocycles. The van der Waals surface area contributed by atoms with Crippen molar-refractivity contribution < 1.29 is 9.59 Å². The van der Waals surface area contributed by atoms with Gasteiger partial charge in [-0.15, -0.1) is 22.7 Å². The van der Waals surface area contributed by atoms with E-state index >= 15 is 0 Å². The van der Waals surface area contributed by atoms with Gasteiger partial charge in [0.1, 0.15) is 0 Å². The number of benzene rings is 1. The molecule has 2 aromatic heterocycles. The monoisotopic (exact) mass is 413 g/mol. The molecule has 1 aromatic carbocycles. The smallest absolute Gasteiger partial charge is 0.233 e. The van der Waals surface area contributed by atoms with Gasteiger partial charge in [-0.25, -0.2) is 4.98 Å². The van der Waals surface area contributed by atoms with Crippen LogP contribution < -0.4 is 10.6 Å². The highest BCUT2D eigenvalue weighted by molar-refractivity contribution is 7.17. The molecule has 5 nitrogen and oxygen atoms in total.